The maximum Gasteiger partial charge on any atom is 0.167 e. The van der Waals surface area contributed by atoms with Gasteiger partial charge < -0.3 is 10.8 Å². The van der Waals surface area contributed by atoms with Gasteiger partial charge in [-0.3, -0.25) is 4.68 Å². The number of nitrogens with two attached hydrogens (primary N) is 1. The molecule has 1 heterocycles. The maximum atomic E-state index is 13.2. The second-order valence-corrected chi connectivity index (χ2v) is 3.70. The fraction of sp³-hybridized carbons (Fsp3) is 0.182. The van der Waals surface area contributed by atoms with Crippen LogP contribution in [0.2, 0.25) is 0 Å². The molecule has 0 spiro atoms. The van der Waals surface area contributed by atoms with Crippen LogP contribution in [-0.2, 0) is 7.05 Å². The average Bonchev–Trinajstić information content (AvgIpc) is 2.55. The summed E-state index contributed by atoms with van der Waals surface area (Å²) in [6.45, 7) is 1.59. The van der Waals surface area contributed by atoms with E-state index in [2.05, 4.69) is 5.10 Å². The Labute approximate surface area is 92.1 Å². The molecule has 84 valence electrons. The van der Waals surface area contributed by atoms with Crippen LogP contribution in [0, 0.1) is 12.7 Å². The fourth-order valence-electron chi connectivity index (χ4n) is 1.52. The Bertz CT molecular complexity index is 506. The van der Waals surface area contributed by atoms with Crippen LogP contribution in [-0.4, -0.2) is 14.9 Å². The quantitative estimate of drug-likeness (QED) is 0.772. The molecule has 1 aromatic carbocycles. The Kier molecular flexibility index (Phi) is 2.30. The third-order valence-corrected chi connectivity index (χ3v) is 2.45. The van der Waals surface area contributed by atoms with Crippen LogP contribution in [0.4, 0.5) is 10.2 Å². The predicted molar refractivity (Wildman–Crippen MR) is 59.4 cm³/mol. The summed E-state index contributed by atoms with van der Waals surface area (Å²) in [4.78, 5) is 0. The molecule has 4 nitrogen and oxygen atoms in total. The van der Waals surface area contributed by atoms with E-state index in [0.29, 0.717) is 22.6 Å². The van der Waals surface area contributed by atoms with E-state index in [0.717, 1.165) is 0 Å². The third-order valence-electron chi connectivity index (χ3n) is 2.45. The number of halogens is 1. The SMILES string of the molecule is Cc1cc(-c2cc(N)n(C)n2)cc(O)c1F. The van der Waals surface area contributed by atoms with E-state index < -0.39 is 5.82 Å². The summed E-state index contributed by atoms with van der Waals surface area (Å²) in [5.74, 6) is -0.469. The van der Waals surface area contributed by atoms with Gasteiger partial charge in [-0.1, -0.05) is 0 Å². The molecule has 0 unspecified atom stereocenters. The van der Waals surface area contributed by atoms with Crippen LogP contribution < -0.4 is 5.73 Å². The molecule has 0 aliphatic rings. The number of phenolic OH excluding ortho intramolecular Hbond substituents is 1. The zero-order valence-corrected chi connectivity index (χ0v) is 9.03. The van der Waals surface area contributed by atoms with Gasteiger partial charge in [-0.2, -0.15) is 5.10 Å². The first-order valence-corrected chi connectivity index (χ1v) is 4.78. The largest absolute Gasteiger partial charge is 0.505 e. The summed E-state index contributed by atoms with van der Waals surface area (Å²) < 4.78 is 14.7. The van der Waals surface area contributed by atoms with Crippen LogP contribution in [0.25, 0.3) is 11.3 Å². The number of benzene rings is 1. The fourth-order valence-corrected chi connectivity index (χ4v) is 1.52. The Balaban J connectivity index is 2.56. The lowest BCUT2D eigenvalue weighted by Crippen LogP contribution is -1.96. The number of aromatic hydroxyl groups is 1. The van der Waals surface area contributed by atoms with Crippen molar-refractivity contribution in [2.45, 2.75) is 6.92 Å². The number of rotatable bonds is 1. The van der Waals surface area contributed by atoms with Gasteiger partial charge in [-0.05, 0) is 24.6 Å². The topological polar surface area (TPSA) is 64.1 Å². The van der Waals surface area contributed by atoms with Crippen molar-refractivity contribution < 1.29 is 9.50 Å². The number of nitrogens with zero attached hydrogens (tertiary/aromatic N) is 2. The first-order valence-electron chi connectivity index (χ1n) is 4.78. The molecule has 2 aromatic rings. The molecular weight excluding hydrogens is 209 g/mol. The number of nitrogen functional groups attached to an aromatic ring is 1. The van der Waals surface area contributed by atoms with Crippen LogP contribution in [0.15, 0.2) is 18.2 Å². The average molecular weight is 221 g/mol. The van der Waals surface area contributed by atoms with Crippen LogP contribution in [0.5, 0.6) is 5.75 Å². The standard InChI is InChI=1S/C11H12FN3O/c1-6-3-7(4-9(16)11(6)12)8-5-10(13)15(2)14-8/h3-5,16H,13H2,1-2H3. The Morgan fingerprint density at radius 2 is 2.06 bits per heavy atom. The van der Waals surface area contributed by atoms with E-state index in [4.69, 9.17) is 5.73 Å². The number of anilines is 1. The molecular formula is C11H12FN3O. The van der Waals surface area contributed by atoms with Gasteiger partial charge in [0.1, 0.15) is 5.82 Å². The number of hydrogen-bond donors (Lipinski definition) is 2. The molecule has 0 saturated carbocycles. The lowest BCUT2D eigenvalue weighted by Gasteiger charge is -2.03. The molecule has 0 saturated heterocycles. The molecule has 0 aliphatic heterocycles. The van der Waals surface area contributed by atoms with E-state index in [9.17, 15) is 9.50 Å². The van der Waals surface area contributed by atoms with Gasteiger partial charge in [-0.15, -0.1) is 0 Å². The van der Waals surface area contributed by atoms with Crippen molar-refractivity contribution in [2.24, 2.45) is 7.05 Å². The van der Waals surface area contributed by atoms with Crippen molar-refractivity contribution >= 4 is 5.82 Å². The molecule has 0 aliphatic carbocycles. The summed E-state index contributed by atoms with van der Waals surface area (Å²) in [6, 6.07) is 4.63. The van der Waals surface area contributed by atoms with Gasteiger partial charge in [0.2, 0.25) is 0 Å². The highest BCUT2D eigenvalue weighted by atomic mass is 19.1. The highest BCUT2D eigenvalue weighted by Gasteiger charge is 2.10. The van der Waals surface area contributed by atoms with Gasteiger partial charge >= 0.3 is 0 Å². The molecule has 5 heteroatoms. The maximum absolute atomic E-state index is 13.2. The zero-order chi connectivity index (χ0) is 11.9. The second-order valence-electron chi connectivity index (χ2n) is 3.70. The first-order chi connectivity index (χ1) is 7.49. The number of aryl methyl sites for hydroxylation is 2. The smallest absolute Gasteiger partial charge is 0.167 e. The third kappa shape index (κ3) is 1.60. The highest BCUT2D eigenvalue weighted by molar-refractivity contribution is 5.65. The van der Waals surface area contributed by atoms with Gasteiger partial charge in [0.15, 0.2) is 11.6 Å². The normalized spacial score (nSPS) is 10.7. The van der Waals surface area contributed by atoms with Crippen molar-refractivity contribution in [3.63, 3.8) is 0 Å². The van der Waals surface area contributed by atoms with E-state index in [1.807, 2.05) is 0 Å². The minimum atomic E-state index is -0.604. The Morgan fingerprint density at radius 1 is 1.38 bits per heavy atom. The molecule has 0 radical (unpaired) electrons. The Morgan fingerprint density at radius 3 is 2.56 bits per heavy atom. The van der Waals surface area contributed by atoms with Crippen molar-refractivity contribution in [3.8, 4) is 17.0 Å². The monoisotopic (exact) mass is 221 g/mol. The molecule has 16 heavy (non-hydrogen) atoms. The molecule has 0 atom stereocenters. The number of phenols is 1. The summed E-state index contributed by atoms with van der Waals surface area (Å²) >= 11 is 0. The number of hydrogen-bond acceptors (Lipinski definition) is 3. The van der Waals surface area contributed by atoms with Crippen molar-refractivity contribution in [2.75, 3.05) is 5.73 Å². The molecule has 0 fully saturated rings. The molecule has 0 bridgehead atoms. The molecule has 1 aromatic heterocycles. The van der Waals surface area contributed by atoms with E-state index >= 15 is 0 Å². The zero-order valence-electron chi connectivity index (χ0n) is 9.03. The first kappa shape index (κ1) is 10.5. The molecule has 3 N–H and O–H groups in total. The summed E-state index contributed by atoms with van der Waals surface area (Å²) in [7, 11) is 1.72. The Hall–Kier alpha value is -2.04. The minimum absolute atomic E-state index is 0.374. The van der Waals surface area contributed by atoms with E-state index in [-0.39, 0.29) is 5.75 Å². The second kappa shape index (κ2) is 3.52. The molecule has 2 rings (SSSR count). The van der Waals surface area contributed by atoms with Crippen LogP contribution >= 0.6 is 0 Å². The summed E-state index contributed by atoms with van der Waals surface area (Å²) in [5.41, 5.74) is 7.27. The van der Waals surface area contributed by atoms with Gasteiger partial charge in [-0.25, -0.2) is 4.39 Å². The minimum Gasteiger partial charge on any atom is -0.505 e. The van der Waals surface area contributed by atoms with Gasteiger partial charge in [0.25, 0.3) is 0 Å². The summed E-state index contributed by atoms with van der Waals surface area (Å²) in [5, 5.41) is 13.5. The van der Waals surface area contributed by atoms with Crippen LogP contribution in [0.3, 0.4) is 0 Å². The van der Waals surface area contributed by atoms with Crippen LogP contribution in [0.1, 0.15) is 5.56 Å². The highest BCUT2D eigenvalue weighted by Crippen LogP contribution is 2.28. The lowest BCUT2D eigenvalue weighted by molar-refractivity contribution is 0.430. The summed E-state index contributed by atoms with van der Waals surface area (Å²) in [6.07, 6.45) is 0. The van der Waals surface area contributed by atoms with Crippen molar-refractivity contribution in [3.05, 3.63) is 29.6 Å². The predicted octanol–water partition coefficient (Wildman–Crippen LogP) is 1.82. The van der Waals surface area contributed by atoms with Gasteiger partial charge in [0, 0.05) is 18.7 Å². The van der Waals surface area contributed by atoms with E-state index in [1.165, 1.54) is 10.7 Å². The van der Waals surface area contributed by atoms with Gasteiger partial charge in [0.05, 0.1) is 5.69 Å². The van der Waals surface area contributed by atoms with E-state index in [1.54, 1.807) is 26.1 Å². The lowest BCUT2D eigenvalue weighted by atomic mass is 10.1. The number of aromatic nitrogens is 2. The van der Waals surface area contributed by atoms with Crippen molar-refractivity contribution in [1.82, 2.24) is 9.78 Å². The van der Waals surface area contributed by atoms with Crippen molar-refractivity contribution in [1.29, 1.82) is 0 Å². The molecule has 0 amide bonds.